The highest BCUT2D eigenvalue weighted by molar-refractivity contribution is 5.90. The van der Waals surface area contributed by atoms with Crippen LogP contribution in [0.1, 0.15) is 10.4 Å². The minimum absolute atomic E-state index is 0.377. The third kappa shape index (κ3) is 3.52. The van der Waals surface area contributed by atoms with Crippen LogP contribution in [-0.4, -0.2) is 5.97 Å². The summed E-state index contributed by atoms with van der Waals surface area (Å²) in [4.78, 5) is 11.9. The summed E-state index contributed by atoms with van der Waals surface area (Å²) in [5, 5.41) is 0. The second kappa shape index (κ2) is 6.59. The van der Waals surface area contributed by atoms with Crippen molar-refractivity contribution >= 4 is 5.97 Å². The molecule has 3 aromatic carbocycles. The summed E-state index contributed by atoms with van der Waals surface area (Å²) in [6, 6.07) is 25.3. The Morgan fingerprint density at radius 1 is 0.591 bits per heavy atom. The number of carbonyl (C=O) groups is 1. The Morgan fingerprint density at radius 3 is 1.73 bits per heavy atom. The van der Waals surface area contributed by atoms with Gasteiger partial charge < -0.3 is 9.47 Å². The van der Waals surface area contributed by atoms with E-state index in [2.05, 4.69) is 0 Å². The molecule has 0 saturated heterocycles. The Labute approximate surface area is 128 Å². The van der Waals surface area contributed by atoms with Crippen LogP contribution in [-0.2, 0) is 0 Å². The van der Waals surface area contributed by atoms with E-state index < -0.39 is 0 Å². The Hall–Kier alpha value is -3.07. The highest BCUT2D eigenvalue weighted by Crippen LogP contribution is 2.23. The van der Waals surface area contributed by atoms with Crippen molar-refractivity contribution in [1.82, 2.24) is 0 Å². The Balaban J connectivity index is 1.66. The van der Waals surface area contributed by atoms with Gasteiger partial charge in [-0.1, -0.05) is 36.4 Å². The van der Waals surface area contributed by atoms with Gasteiger partial charge in [-0.3, -0.25) is 0 Å². The zero-order valence-electron chi connectivity index (χ0n) is 11.8. The number of hydrogen-bond acceptors (Lipinski definition) is 3. The maximum absolute atomic E-state index is 11.9. The average Bonchev–Trinajstić information content (AvgIpc) is 2.58. The van der Waals surface area contributed by atoms with Gasteiger partial charge in [-0.2, -0.15) is 0 Å². The summed E-state index contributed by atoms with van der Waals surface area (Å²) in [5.41, 5.74) is 0.520. The smallest absolute Gasteiger partial charge is 0.343 e. The van der Waals surface area contributed by atoms with Crippen LogP contribution in [0.4, 0.5) is 0 Å². The van der Waals surface area contributed by atoms with E-state index in [-0.39, 0.29) is 5.97 Å². The quantitative estimate of drug-likeness (QED) is 0.516. The molecule has 0 aliphatic carbocycles. The molecular formula is C19H14O3. The van der Waals surface area contributed by atoms with Crippen molar-refractivity contribution in [3.05, 3.63) is 90.5 Å². The lowest BCUT2D eigenvalue weighted by Crippen LogP contribution is -2.07. The lowest BCUT2D eigenvalue weighted by molar-refractivity contribution is 0.0734. The van der Waals surface area contributed by atoms with E-state index in [1.807, 2.05) is 36.4 Å². The number of ether oxygens (including phenoxy) is 2. The van der Waals surface area contributed by atoms with E-state index in [1.165, 1.54) is 0 Å². The molecular weight excluding hydrogens is 276 g/mol. The van der Waals surface area contributed by atoms with Gasteiger partial charge >= 0.3 is 5.97 Å². The zero-order chi connectivity index (χ0) is 15.2. The fraction of sp³-hybridized carbons (Fsp3) is 0. The van der Waals surface area contributed by atoms with Crippen molar-refractivity contribution in [2.45, 2.75) is 0 Å². The molecule has 22 heavy (non-hydrogen) atoms. The molecule has 3 rings (SSSR count). The van der Waals surface area contributed by atoms with E-state index in [1.54, 1.807) is 48.5 Å². The second-order valence-corrected chi connectivity index (χ2v) is 4.64. The van der Waals surface area contributed by atoms with E-state index in [9.17, 15) is 4.79 Å². The Kier molecular flexibility index (Phi) is 4.16. The normalized spacial score (nSPS) is 10.0. The summed E-state index contributed by atoms with van der Waals surface area (Å²) in [5.74, 6) is 1.55. The third-order valence-corrected chi connectivity index (χ3v) is 3.02. The molecule has 0 fully saturated rings. The van der Waals surface area contributed by atoms with E-state index in [0.29, 0.717) is 17.1 Å². The molecule has 108 valence electrons. The van der Waals surface area contributed by atoms with Gasteiger partial charge in [-0.15, -0.1) is 0 Å². The highest BCUT2D eigenvalue weighted by Gasteiger charge is 2.07. The van der Waals surface area contributed by atoms with Crippen LogP contribution in [0.25, 0.3) is 0 Å². The minimum atomic E-state index is -0.377. The number of benzene rings is 3. The van der Waals surface area contributed by atoms with Gasteiger partial charge in [0.05, 0.1) is 5.56 Å². The maximum atomic E-state index is 11.9. The van der Waals surface area contributed by atoms with Crippen LogP contribution in [0.3, 0.4) is 0 Å². The number of rotatable bonds is 4. The highest BCUT2D eigenvalue weighted by atomic mass is 16.5. The standard InChI is InChI=1S/C19H14O3/c20-19(15-7-3-1-4-8-15)22-18-13-11-17(12-14-18)21-16-9-5-2-6-10-16/h1-14H. The zero-order valence-corrected chi connectivity index (χ0v) is 11.8. The first-order valence-electron chi connectivity index (χ1n) is 6.91. The van der Waals surface area contributed by atoms with E-state index in [4.69, 9.17) is 9.47 Å². The summed E-state index contributed by atoms with van der Waals surface area (Å²) in [6.45, 7) is 0. The molecule has 0 atom stereocenters. The first-order valence-corrected chi connectivity index (χ1v) is 6.91. The summed E-state index contributed by atoms with van der Waals surface area (Å²) in [7, 11) is 0. The van der Waals surface area contributed by atoms with Gasteiger partial charge in [0.25, 0.3) is 0 Å². The van der Waals surface area contributed by atoms with Gasteiger partial charge in [-0.25, -0.2) is 4.79 Å². The lowest BCUT2D eigenvalue weighted by atomic mass is 10.2. The predicted octanol–water partition coefficient (Wildman–Crippen LogP) is 4.70. The SMILES string of the molecule is O=C(Oc1ccc(Oc2ccccc2)cc1)c1ccccc1. The first kappa shape index (κ1) is 13.9. The van der Waals surface area contributed by atoms with Crippen molar-refractivity contribution in [1.29, 1.82) is 0 Å². The molecule has 0 unspecified atom stereocenters. The fourth-order valence-electron chi connectivity index (χ4n) is 1.94. The van der Waals surface area contributed by atoms with Crippen LogP contribution in [0.2, 0.25) is 0 Å². The molecule has 0 radical (unpaired) electrons. The van der Waals surface area contributed by atoms with Crippen LogP contribution in [0, 0.1) is 0 Å². The molecule has 0 aliphatic heterocycles. The lowest BCUT2D eigenvalue weighted by Gasteiger charge is -2.07. The van der Waals surface area contributed by atoms with Crippen molar-refractivity contribution in [3.8, 4) is 17.2 Å². The Morgan fingerprint density at radius 2 is 1.09 bits per heavy atom. The van der Waals surface area contributed by atoms with Gasteiger partial charge in [0.1, 0.15) is 17.2 Å². The third-order valence-electron chi connectivity index (χ3n) is 3.02. The number of carbonyl (C=O) groups excluding carboxylic acids is 1. The van der Waals surface area contributed by atoms with Crippen molar-refractivity contribution < 1.29 is 14.3 Å². The number of hydrogen-bond donors (Lipinski definition) is 0. The molecule has 3 aromatic rings. The molecule has 0 saturated carbocycles. The molecule has 0 spiro atoms. The largest absolute Gasteiger partial charge is 0.457 e. The van der Waals surface area contributed by atoms with Crippen molar-refractivity contribution in [2.24, 2.45) is 0 Å². The van der Waals surface area contributed by atoms with Crippen molar-refractivity contribution in [2.75, 3.05) is 0 Å². The molecule has 0 N–H and O–H groups in total. The summed E-state index contributed by atoms with van der Waals surface area (Å²) in [6.07, 6.45) is 0. The summed E-state index contributed by atoms with van der Waals surface area (Å²) < 4.78 is 11.0. The van der Waals surface area contributed by atoms with Crippen LogP contribution in [0.5, 0.6) is 17.2 Å². The van der Waals surface area contributed by atoms with Gasteiger partial charge in [0.15, 0.2) is 0 Å². The molecule has 0 bridgehead atoms. The van der Waals surface area contributed by atoms with Gasteiger partial charge in [0, 0.05) is 0 Å². The molecule has 3 heteroatoms. The molecule has 3 nitrogen and oxygen atoms in total. The van der Waals surface area contributed by atoms with Gasteiger partial charge in [0.2, 0.25) is 0 Å². The van der Waals surface area contributed by atoms with E-state index >= 15 is 0 Å². The average molecular weight is 290 g/mol. The molecule has 0 amide bonds. The van der Waals surface area contributed by atoms with Crippen LogP contribution >= 0.6 is 0 Å². The van der Waals surface area contributed by atoms with Crippen LogP contribution < -0.4 is 9.47 Å². The van der Waals surface area contributed by atoms with Crippen molar-refractivity contribution in [3.63, 3.8) is 0 Å². The Bertz CT molecular complexity index is 735. The number of esters is 1. The topological polar surface area (TPSA) is 35.5 Å². The van der Waals surface area contributed by atoms with Gasteiger partial charge in [-0.05, 0) is 48.5 Å². The second-order valence-electron chi connectivity index (χ2n) is 4.64. The van der Waals surface area contributed by atoms with Crippen LogP contribution in [0.15, 0.2) is 84.9 Å². The molecule has 0 aliphatic rings. The first-order chi connectivity index (χ1) is 10.8. The maximum Gasteiger partial charge on any atom is 0.343 e. The number of para-hydroxylation sites is 1. The fourth-order valence-corrected chi connectivity index (χ4v) is 1.94. The monoisotopic (exact) mass is 290 g/mol. The predicted molar refractivity (Wildman–Crippen MR) is 84.4 cm³/mol. The van der Waals surface area contributed by atoms with E-state index in [0.717, 1.165) is 5.75 Å². The molecule has 0 heterocycles. The summed E-state index contributed by atoms with van der Waals surface area (Å²) >= 11 is 0. The molecule has 0 aromatic heterocycles. The minimum Gasteiger partial charge on any atom is -0.457 e.